The molecule has 1 heterocycles. The first-order valence-electron chi connectivity index (χ1n) is 6.96. The van der Waals surface area contributed by atoms with E-state index in [4.69, 9.17) is 4.74 Å². The minimum atomic E-state index is -1.11. The van der Waals surface area contributed by atoms with Gasteiger partial charge in [-0.1, -0.05) is 18.2 Å². The Kier molecular flexibility index (Phi) is 3.80. The van der Waals surface area contributed by atoms with Gasteiger partial charge in [0, 0.05) is 6.42 Å². The van der Waals surface area contributed by atoms with E-state index in [0.717, 1.165) is 5.56 Å². The maximum Gasteiger partial charge on any atom is 0.337 e. The Hall–Kier alpha value is -3.15. The van der Waals surface area contributed by atoms with Crippen LogP contribution in [0.1, 0.15) is 21.7 Å². The largest absolute Gasteiger partial charge is 0.497 e. The summed E-state index contributed by atoms with van der Waals surface area (Å²) in [6.45, 7) is 0. The van der Waals surface area contributed by atoms with E-state index < -0.39 is 5.97 Å². The Morgan fingerprint density at radius 3 is 2.78 bits per heavy atom. The highest BCUT2D eigenvalue weighted by Gasteiger charge is 2.13. The van der Waals surface area contributed by atoms with E-state index in [0.29, 0.717) is 18.0 Å². The number of methoxy groups -OCH3 is 1. The second-order valence-electron chi connectivity index (χ2n) is 5.05. The Balaban J connectivity index is 2.10. The van der Waals surface area contributed by atoms with Crippen molar-refractivity contribution < 1.29 is 14.6 Å². The highest BCUT2D eigenvalue weighted by atomic mass is 16.5. The molecule has 0 aliphatic carbocycles. The Morgan fingerprint density at radius 2 is 2.04 bits per heavy atom. The van der Waals surface area contributed by atoms with Gasteiger partial charge in [-0.3, -0.25) is 4.79 Å². The van der Waals surface area contributed by atoms with Crippen LogP contribution in [0.25, 0.3) is 10.9 Å². The van der Waals surface area contributed by atoms with Gasteiger partial charge >= 0.3 is 5.97 Å². The second-order valence-corrected chi connectivity index (χ2v) is 5.05. The van der Waals surface area contributed by atoms with Crippen molar-refractivity contribution in [1.29, 1.82) is 0 Å². The number of H-pyrrole nitrogens is 1. The van der Waals surface area contributed by atoms with Gasteiger partial charge in [0.2, 0.25) is 0 Å². The Labute approximate surface area is 131 Å². The second kappa shape index (κ2) is 5.92. The van der Waals surface area contributed by atoms with Crippen molar-refractivity contribution in [1.82, 2.24) is 9.97 Å². The van der Waals surface area contributed by atoms with E-state index in [2.05, 4.69) is 9.97 Å². The molecule has 0 saturated heterocycles. The normalized spacial score (nSPS) is 10.7. The van der Waals surface area contributed by atoms with Gasteiger partial charge in [-0.25, -0.2) is 9.78 Å². The average Bonchev–Trinajstić information content (AvgIpc) is 2.54. The van der Waals surface area contributed by atoms with E-state index in [1.165, 1.54) is 12.1 Å². The molecule has 23 heavy (non-hydrogen) atoms. The maximum atomic E-state index is 12.2. The van der Waals surface area contributed by atoms with E-state index in [-0.39, 0.29) is 22.0 Å². The lowest BCUT2D eigenvalue weighted by Crippen LogP contribution is -2.14. The van der Waals surface area contributed by atoms with Crippen LogP contribution in [0, 0.1) is 0 Å². The summed E-state index contributed by atoms with van der Waals surface area (Å²) >= 11 is 0. The fourth-order valence-electron chi connectivity index (χ4n) is 2.44. The summed E-state index contributed by atoms with van der Waals surface area (Å²) in [7, 11) is 1.58. The number of carbonyl (C=O) groups is 1. The molecular formula is C17H14N2O4. The van der Waals surface area contributed by atoms with Crippen molar-refractivity contribution in [2.75, 3.05) is 7.11 Å². The average molecular weight is 310 g/mol. The number of hydrogen-bond acceptors (Lipinski definition) is 4. The van der Waals surface area contributed by atoms with Crippen LogP contribution < -0.4 is 10.3 Å². The van der Waals surface area contributed by atoms with Crippen LogP contribution in [-0.4, -0.2) is 28.2 Å². The zero-order valence-electron chi connectivity index (χ0n) is 12.4. The van der Waals surface area contributed by atoms with Crippen molar-refractivity contribution in [3.05, 3.63) is 69.8 Å². The Bertz CT molecular complexity index is 947. The van der Waals surface area contributed by atoms with E-state index in [1.54, 1.807) is 13.2 Å². The summed E-state index contributed by atoms with van der Waals surface area (Å²) in [4.78, 5) is 30.5. The number of carboxylic acid groups (broad SMARTS) is 1. The molecule has 2 N–H and O–H groups in total. The molecule has 0 atom stereocenters. The molecule has 0 radical (unpaired) electrons. The molecule has 6 heteroatoms. The van der Waals surface area contributed by atoms with Gasteiger partial charge in [0.05, 0.1) is 23.6 Å². The molecule has 1 aromatic heterocycles. The number of carboxylic acids is 1. The summed E-state index contributed by atoms with van der Waals surface area (Å²) in [6, 6.07) is 11.9. The smallest absolute Gasteiger partial charge is 0.337 e. The first-order valence-corrected chi connectivity index (χ1v) is 6.96. The van der Waals surface area contributed by atoms with Gasteiger partial charge in [-0.2, -0.15) is 0 Å². The van der Waals surface area contributed by atoms with Crippen LogP contribution >= 0.6 is 0 Å². The number of para-hydroxylation sites is 1. The number of fused-ring (bicyclic) bond motifs is 1. The number of hydrogen-bond donors (Lipinski definition) is 2. The molecule has 116 valence electrons. The van der Waals surface area contributed by atoms with Crippen LogP contribution in [-0.2, 0) is 6.42 Å². The molecule has 0 amide bonds. The topological polar surface area (TPSA) is 92.3 Å². The summed E-state index contributed by atoms with van der Waals surface area (Å²) in [5.74, 6) is 0.00217. The maximum absolute atomic E-state index is 12.2. The summed E-state index contributed by atoms with van der Waals surface area (Å²) in [6.07, 6.45) is 0.371. The van der Waals surface area contributed by atoms with Crippen LogP contribution in [0.3, 0.4) is 0 Å². The SMILES string of the molecule is COc1cccc(Cc2nc3c(C(=O)O)cccc3c(=O)[nH]2)c1. The van der Waals surface area contributed by atoms with Gasteiger partial charge in [0.25, 0.3) is 5.56 Å². The lowest BCUT2D eigenvalue weighted by molar-refractivity contribution is 0.0699. The van der Waals surface area contributed by atoms with Crippen molar-refractivity contribution in [2.45, 2.75) is 6.42 Å². The van der Waals surface area contributed by atoms with Gasteiger partial charge in [0.15, 0.2) is 0 Å². The highest BCUT2D eigenvalue weighted by molar-refractivity contribution is 6.01. The molecule has 0 unspecified atom stereocenters. The number of nitrogens with one attached hydrogen (secondary N) is 1. The van der Waals surface area contributed by atoms with Gasteiger partial charge < -0.3 is 14.8 Å². The standard InChI is InChI=1S/C17H14N2O4/c1-23-11-5-2-4-10(8-11)9-14-18-15-12(16(20)19-14)6-3-7-13(15)17(21)22/h2-8H,9H2,1H3,(H,21,22)(H,18,19,20). The zero-order valence-corrected chi connectivity index (χ0v) is 12.4. The number of ether oxygens (including phenoxy) is 1. The lowest BCUT2D eigenvalue weighted by Gasteiger charge is -2.06. The van der Waals surface area contributed by atoms with E-state index >= 15 is 0 Å². The lowest BCUT2D eigenvalue weighted by atomic mass is 10.1. The van der Waals surface area contributed by atoms with Crippen LogP contribution in [0.4, 0.5) is 0 Å². The van der Waals surface area contributed by atoms with Gasteiger partial charge in [-0.15, -0.1) is 0 Å². The molecule has 0 aliphatic rings. The number of aromatic nitrogens is 2. The Morgan fingerprint density at radius 1 is 1.26 bits per heavy atom. The van der Waals surface area contributed by atoms with Gasteiger partial charge in [-0.05, 0) is 29.8 Å². The number of aromatic amines is 1. The van der Waals surface area contributed by atoms with E-state index in [1.807, 2.05) is 24.3 Å². The predicted molar refractivity (Wildman–Crippen MR) is 85.1 cm³/mol. The fourth-order valence-corrected chi connectivity index (χ4v) is 2.44. The quantitative estimate of drug-likeness (QED) is 0.771. The molecule has 0 aliphatic heterocycles. The monoisotopic (exact) mass is 310 g/mol. The van der Waals surface area contributed by atoms with Crippen molar-refractivity contribution in [3.63, 3.8) is 0 Å². The van der Waals surface area contributed by atoms with Crippen LogP contribution in [0.2, 0.25) is 0 Å². The summed E-state index contributed by atoms with van der Waals surface area (Å²) < 4.78 is 5.17. The number of rotatable bonds is 4. The fraction of sp³-hybridized carbons (Fsp3) is 0.118. The minimum absolute atomic E-state index is 0.0143. The molecule has 0 bridgehead atoms. The third-order valence-electron chi connectivity index (χ3n) is 3.52. The summed E-state index contributed by atoms with van der Waals surface area (Å²) in [5, 5.41) is 9.52. The van der Waals surface area contributed by atoms with Crippen LogP contribution in [0.15, 0.2) is 47.3 Å². The molecule has 0 fully saturated rings. The van der Waals surface area contributed by atoms with Crippen molar-refractivity contribution in [2.24, 2.45) is 0 Å². The summed E-state index contributed by atoms with van der Waals surface area (Å²) in [5.41, 5.74) is 0.762. The zero-order chi connectivity index (χ0) is 16.4. The third kappa shape index (κ3) is 2.91. The van der Waals surface area contributed by atoms with E-state index in [9.17, 15) is 14.7 Å². The van der Waals surface area contributed by atoms with Gasteiger partial charge in [0.1, 0.15) is 11.6 Å². The predicted octanol–water partition coefficient (Wildman–Crippen LogP) is 2.22. The molecular weight excluding hydrogens is 296 g/mol. The molecule has 0 saturated carbocycles. The first kappa shape index (κ1) is 14.8. The molecule has 6 nitrogen and oxygen atoms in total. The molecule has 0 spiro atoms. The molecule has 3 aromatic rings. The van der Waals surface area contributed by atoms with Crippen molar-refractivity contribution in [3.8, 4) is 5.75 Å². The van der Waals surface area contributed by atoms with Crippen LogP contribution in [0.5, 0.6) is 5.75 Å². The number of aromatic carboxylic acids is 1. The minimum Gasteiger partial charge on any atom is -0.497 e. The third-order valence-corrected chi connectivity index (χ3v) is 3.52. The number of benzene rings is 2. The van der Waals surface area contributed by atoms with Crippen molar-refractivity contribution >= 4 is 16.9 Å². The number of nitrogens with zero attached hydrogens (tertiary/aromatic N) is 1. The highest BCUT2D eigenvalue weighted by Crippen LogP contribution is 2.17. The molecule has 2 aromatic carbocycles. The molecule has 3 rings (SSSR count). The first-order chi connectivity index (χ1) is 11.1.